The first-order chi connectivity index (χ1) is 10.5. The molecule has 0 N–H and O–H groups in total. The van der Waals surface area contributed by atoms with Gasteiger partial charge in [0.05, 0.1) is 34.4 Å². The summed E-state index contributed by atoms with van der Waals surface area (Å²) in [6, 6.07) is 11.7. The number of esters is 1. The van der Waals surface area contributed by atoms with Crippen molar-refractivity contribution >= 4 is 29.2 Å². The molecule has 2 aromatic carbocycles. The molecule has 2 rings (SSSR count). The van der Waals surface area contributed by atoms with Gasteiger partial charge in [0, 0.05) is 0 Å². The number of nitriles is 1. The normalized spacial score (nSPS) is 9.91. The third kappa shape index (κ3) is 3.70. The maximum atomic E-state index is 12.0. The number of hydrogen-bond donors (Lipinski definition) is 0. The molecule has 22 heavy (non-hydrogen) atoms. The second-order valence-electron chi connectivity index (χ2n) is 4.36. The molecule has 0 bridgehead atoms. The monoisotopic (exact) mass is 335 g/mol. The van der Waals surface area contributed by atoms with Gasteiger partial charge in [-0.2, -0.15) is 5.26 Å². The molecular formula is C16H11Cl2NO3. The van der Waals surface area contributed by atoms with Gasteiger partial charge in [0.15, 0.2) is 5.75 Å². The van der Waals surface area contributed by atoms with Crippen molar-refractivity contribution in [3.05, 3.63) is 63.1 Å². The highest BCUT2D eigenvalue weighted by molar-refractivity contribution is 6.37. The van der Waals surface area contributed by atoms with Crippen LogP contribution in [0.4, 0.5) is 0 Å². The van der Waals surface area contributed by atoms with Crippen LogP contribution in [0.15, 0.2) is 36.4 Å². The van der Waals surface area contributed by atoms with Crippen LogP contribution in [-0.4, -0.2) is 13.1 Å². The average molecular weight is 336 g/mol. The first-order valence-corrected chi connectivity index (χ1v) is 7.00. The summed E-state index contributed by atoms with van der Waals surface area (Å²) in [6.45, 7) is 0.0891. The lowest BCUT2D eigenvalue weighted by molar-refractivity contribution is 0.0472. The molecule has 0 fully saturated rings. The molecule has 0 radical (unpaired) electrons. The number of ether oxygens (including phenoxy) is 2. The summed E-state index contributed by atoms with van der Waals surface area (Å²) < 4.78 is 10.2. The van der Waals surface area contributed by atoms with E-state index >= 15 is 0 Å². The van der Waals surface area contributed by atoms with E-state index in [4.69, 9.17) is 37.9 Å². The molecule has 2 aromatic rings. The molecule has 0 amide bonds. The van der Waals surface area contributed by atoms with E-state index in [1.54, 1.807) is 24.3 Å². The minimum atomic E-state index is -0.546. The zero-order valence-electron chi connectivity index (χ0n) is 11.6. The highest BCUT2D eigenvalue weighted by Crippen LogP contribution is 2.34. The second kappa shape index (κ2) is 7.17. The fourth-order valence-corrected chi connectivity index (χ4v) is 2.42. The van der Waals surface area contributed by atoms with E-state index in [2.05, 4.69) is 0 Å². The lowest BCUT2D eigenvalue weighted by Crippen LogP contribution is -2.05. The van der Waals surface area contributed by atoms with Crippen molar-refractivity contribution in [2.45, 2.75) is 6.61 Å². The Bertz CT molecular complexity index is 713. The van der Waals surface area contributed by atoms with Gasteiger partial charge in [-0.05, 0) is 29.8 Å². The van der Waals surface area contributed by atoms with Crippen molar-refractivity contribution in [3.8, 4) is 11.8 Å². The minimum Gasteiger partial charge on any atom is -0.494 e. The first kappa shape index (κ1) is 16.2. The van der Waals surface area contributed by atoms with Crippen LogP contribution in [-0.2, 0) is 11.3 Å². The van der Waals surface area contributed by atoms with E-state index in [-0.39, 0.29) is 22.2 Å². The molecule has 0 spiro atoms. The molecule has 0 unspecified atom stereocenters. The van der Waals surface area contributed by atoms with Gasteiger partial charge in [0.1, 0.15) is 6.61 Å². The van der Waals surface area contributed by atoms with Crippen molar-refractivity contribution in [2.75, 3.05) is 7.11 Å². The van der Waals surface area contributed by atoms with E-state index in [1.165, 1.54) is 19.2 Å². The maximum absolute atomic E-state index is 12.0. The Hall–Kier alpha value is -2.22. The molecule has 0 heterocycles. The second-order valence-corrected chi connectivity index (χ2v) is 5.17. The molecule has 0 aliphatic rings. The van der Waals surface area contributed by atoms with Gasteiger partial charge >= 0.3 is 5.97 Å². The summed E-state index contributed by atoms with van der Waals surface area (Å²) in [7, 11) is 1.44. The Labute approximate surface area is 137 Å². The number of hydrogen-bond acceptors (Lipinski definition) is 4. The van der Waals surface area contributed by atoms with Gasteiger partial charge in [-0.15, -0.1) is 0 Å². The zero-order valence-corrected chi connectivity index (χ0v) is 13.1. The number of carbonyl (C=O) groups is 1. The fraction of sp³-hybridized carbons (Fsp3) is 0.125. The van der Waals surface area contributed by atoms with Gasteiger partial charge in [0.2, 0.25) is 0 Å². The van der Waals surface area contributed by atoms with Gasteiger partial charge in [-0.3, -0.25) is 0 Å². The Balaban J connectivity index is 2.07. The molecule has 0 saturated carbocycles. The molecule has 0 aliphatic heterocycles. The smallest absolute Gasteiger partial charge is 0.338 e. The van der Waals surface area contributed by atoms with E-state index < -0.39 is 5.97 Å². The van der Waals surface area contributed by atoms with E-state index in [0.717, 1.165) is 5.56 Å². The average Bonchev–Trinajstić information content (AvgIpc) is 2.52. The molecule has 0 saturated heterocycles. The van der Waals surface area contributed by atoms with Gasteiger partial charge in [-0.1, -0.05) is 35.3 Å². The van der Waals surface area contributed by atoms with E-state index in [0.29, 0.717) is 11.3 Å². The summed E-state index contributed by atoms with van der Waals surface area (Å²) in [5, 5.41) is 9.19. The number of benzene rings is 2. The van der Waals surface area contributed by atoms with Crippen LogP contribution in [0.25, 0.3) is 0 Å². The first-order valence-electron chi connectivity index (χ1n) is 6.24. The third-order valence-corrected chi connectivity index (χ3v) is 3.45. The molecule has 0 aromatic heterocycles. The fourth-order valence-electron chi connectivity index (χ4n) is 1.78. The van der Waals surface area contributed by atoms with Gasteiger partial charge in [0.25, 0.3) is 0 Å². The van der Waals surface area contributed by atoms with Crippen LogP contribution in [0, 0.1) is 11.3 Å². The maximum Gasteiger partial charge on any atom is 0.338 e. The highest BCUT2D eigenvalue weighted by atomic mass is 35.5. The topological polar surface area (TPSA) is 59.3 Å². The summed E-state index contributed by atoms with van der Waals surface area (Å²) in [5.41, 5.74) is 1.56. The summed E-state index contributed by atoms with van der Waals surface area (Å²) in [4.78, 5) is 12.0. The number of carbonyl (C=O) groups excluding carboxylic acids is 1. The van der Waals surface area contributed by atoms with Gasteiger partial charge in [-0.25, -0.2) is 4.79 Å². The van der Waals surface area contributed by atoms with Crippen molar-refractivity contribution < 1.29 is 14.3 Å². The number of halogens is 2. The Morgan fingerprint density at radius 1 is 1.18 bits per heavy atom. The molecule has 0 atom stereocenters. The molecular weight excluding hydrogens is 325 g/mol. The zero-order chi connectivity index (χ0) is 16.1. The molecule has 0 aliphatic carbocycles. The SMILES string of the molecule is COc1c(Cl)cc(C(=O)OCc2ccc(C#N)cc2)cc1Cl. The number of rotatable bonds is 4. The number of nitrogens with zero attached hydrogens (tertiary/aromatic N) is 1. The van der Waals surface area contributed by atoms with E-state index in [9.17, 15) is 4.79 Å². The Morgan fingerprint density at radius 2 is 1.77 bits per heavy atom. The largest absolute Gasteiger partial charge is 0.494 e. The van der Waals surface area contributed by atoms with Crippen LogP contribution in [0.5, 0.6) is 5.75 Å². The molecule has 112 valence electrons. The van der Waals surface area contributed by atoms with Crippen LogP contribution < -0.4 is 4.74 Å². The third-order valence-electron chi connectivity index (χ3n) is 2.89. The summed E-state index contributed by atoms with van der Waals surface area (Å²) in [6.07, 6.45) is 0. The van der Waals surface area contributed by atoms with Crippen LogP contribution in [0.2, 0.25) is 10.0 Å². The minimum absolute atomic E-state index is 0.0891. The van der Waals surface area contributed by atoms with Crippen molar-refractivity contribution in [1.82, 2.24) is 0 Å². The summed E-state index contributed by atoms with van der Waals surface area (Å²) in [5.74, 6) is -0.234. The molecule has 4 nitrogen and oxygen atoms in total. The van der Waals surface area contributed by atoms with Crippen LogP contribution in [0.3, 0.4) is 0 Å². The van der Waals surface area contributed by atoms with Gasteiger partial charge < -0.3 is 9.47 Å². The van der Waals surface area contributed by atoms with Crippen molar-refractivity contribution in [2.24, 2.45) is 0 Å². The Morgan fingerprint density at radius 3 is 2.27 bits per heavy atom. The molecule has 6 heteroatoms. The standard InChI is InChI=1S/C16H11Cl2NO3/c1-21-15-13(17)6-12(7-14(15)18)16(20)22-9-11-4-2-10(8-19)3-5-11/h2-7H,9H2,1H3. The van der Waals surface area contributed by atoms with E-state index in [1.807, 2.05) is 6.07 Å². The highest BCUT2D eigenvalue weighted by Gasteiger charge is 2.14. The Kier molecular flexibility index (Phi) is 5.26. The quantitative estimate of drug-likeness (QED) is 0.784. The van der Waals surface area contributed by atoms with Crippen molar-refractivity contribution in [1.29, 1.82) is 5.26 Å². The number of methoxy groups -OCH3 is 1. The lowest BCUT2D eigenvalue weighted by Gasteiger charge is -2.09. The van der Waals surface area contributed by atoms with Crippen molar-refractivity contribution in [3.63, 3.8) is 0 Å². The van der Waals surface area contributed by atoms with Crippen LogP contribution in [0.1, 0.15) is 21.5 Å². The van der Waals surface area contributed by atoms with Crippen LogP contribution >= 0.6 is 23.2 Å². The summed E-state index contributed by atoms with van der Waals surface area (Å²) >= 11 is 12.0. The lowest BCUT2D eigenvalue weighted by atomic mass is 10.1. The predicted octanol–water partition coefficient (Wildman–Crippen LogP) is 4.23. The predicted molar refractivity (Wildman–Crippen MR) is 83.3 cm³/mol.